The van der Waals surface area contributed by atoms with Crippen LogP contribution in [0.5, 0.6) is 5.75 Å². The van der Waals surface area contributed by atoms with Crippen molar-refractivity contribution < 1.29 is 34.2 Å². The van der Waals surface area contributed by atoms with Gasteiger partial charge in [-0.15, -0.1) is 0 Å². The molecule has 0 radical (unpaired) electrons. The molecule has 4 amide bonds. The van der Waals surface area contributed by atoms with E-state index in [0.29, 0.717) is 50.8 Å². The van der Waals surface area contributed by atoms with E-state index in [9.17, 15) is 34.2 Å². The number of aliphatic carboxylic acids is 1. The summed E-state index contributed by atoms with van der Waals surface area (Å²) in [7, 11) is 0. The number of carboxylic acids is 1. The Morgan fingerprint density at radius 2 is 1.25 bits per heavy atom. The molecule has 1 aromatic carbocycles. The number of carboxylic acid groups (broad SMARTS) is 1. The third-order valence-corrected chi connectivity index (χ3v) is 6.19. The maximum atomic E-state index is 13.4. The molecule has 14 nitrogen and oxygen atoms in total. The van der Waals surface area contributed by atoms with Crippen molar-refractivity contribution in [3.05, 3.63) is 29.8 Å². The minimum Gasteiger partial charge on any atom is -0.508 e. The molecule has 0 fully saturated rings. The highest BCUT2D eigenvalue weighted by molar-refractivity contribution is 5.94. The minimum absolute atomic E-state index is 0.00558. The molecule has 13 N–H and O–H groups in total. The van der Waals surface area contributed by atoms with Crippen molar-refractivity contribution in [1.82, 2.24) is 16.0 Å². The topological polar surface area (TPSA) is 266 Å². The molecule has 0 aliphatic rings. The third-order valence-electron chi connectivity index (χ3n) is 6.19. The molecule has 4 atom stereocenters. The number of carbonyl (C=O) groups is 5. The number of carbonyl (C=O) groups excluding carboxylic acids is 4. The average Bonchev–Trinajstić information content (AvgIpc) is 2.90. The number of phenolic OH excluding ortho intramolecular Hbond substituents is 1. The van der Waals surface area contributed by atoms with Crippen molar-refractivity contribution in [3.63, 3.8) is 0 Å². The van der Waals surface area contributed by atoms with E-state index in [1.165, 1.54) is 12.1 Å². The van der Waals surface area contributed by atoms with Gasteiger partial charge < -0.3 is 49.1 Å². The number of hydrogen-bond donors (Lipinski definition) is 9. The fourth-order valence-corrected chi connectivity index (χ4v) is 3.85. The lowest BCUT2D eigenvalue weighted by Crippen LogP contribution is -2.57. The molecule has 0 aliphatic heterocycles. The number of phenols is 1. The zero-order valence-corrected chi connectivity index (χ0v) is 22.6. The number of benzene rings is 1. The minimum atomic E-state index is -1.31. The monoisotopic (exact) mass is 565 g/mol. The summed E-state index contributed by atoms with van der Waals surface area (Å²) in [6.45, 7) is 0.813. The summed E-state index contributed by atoms with van der Waals surface area (Å²) in [6, 6.07) is 1.36. The average molecular weight is 566 g/mol. The molecule has 1 aromatic rings. The van der Waals surface area contributed by atoms with E-state index in [-0.39, 0.29) is 31.4 Å². The molecule has 0 spiro atoms. The SMILES string of the molecule is NCCCCC(N)C(=O)NC(Cc1ccc(O)cc1)C(=O)NC(CCC(N)=O)C(=O)NC(CCCCN)C(=O)O. The Morgan fingerprint density at radius 3 is 1.80 bits per heavy atom. The summed E-state index contributed by atoms with van der Waals surface area (Å²) in [5.74, 6) is -4.12. The standard InChI is InChI=1S/C26H43N7O7/c27-13-3-1-5-18(29)23(36)33-21(15-16-7-9-17(34)10-8-16)25(38)31-19(11-12-22(30)35)24(37)32-20(26(39)40)6-2-4-14-28/h7-10,18-21,34H,1-6,11-15,27-29H2,(H2,30,35)(H,31,38)(H,32,37)(H,33,36)(H,39,40). The molecule has 1 rings (SSSR count). The lowest BCUT2D eigenvalue weighted by molar-refractivity contribution is -0.142. The maximum Gasteiger partial charge on any atom is 0.326 e. The fraction of sp³-hybridized carbons (Fsp3) is 0.577. The van der Waals surface area contributed by atoms with Crippen molar-refractivity contribution in [2.75, 3.05) is 13.1 Å². The zero-order chi connectivity index (χ0) is 30.1. The van der Waals surface area contributed by atoms with Crippen LogP contribution in [0.3, 0.4) is 0 Å². The number of amides is 4. The summed E-state index contributed by atoms with van der Waals surface area (Å²) in [4.78, 5) is 62.2. The number of nitrogens with two attached hydrogens (primary N) is 4. The molecule has 0 aromatic heterocycles. The third kappa shape index (κ3) is 13.4. The predicted octanol–water partition coefficient (Wildman–Crippen LogP) is -1.68. The Balaban J connectivity index is 3.11. The summed E-state index contributed by atoms with van der Waals surface area (Å²) in [5, 5.41) is 26.6. The first kappa shape index (κ1) is 34.3. The molecule has 14 heteroatoms. The Kier molecular flexibility index (Phi) is 15.9. The largest absolute Gasteiger partial charge is 0.508 e. The van der Waals surface area contributed by atoms with Crippen LogP contribution in [0.25, 0.3) is 0 Å². The van der Waals surface area contributed by atoms with Gasteiger partial charge in [0.15, 0.2) is 0 Å². The Bertz CT molecular complexity index is 975. The molecule has 0 aliphatic carbocycles. The van der Waals surface area contributed by atoms with E-state index < -0.39 is 53.8 Å². The second-order valence-electron chi connectivity index (χ2n) is 9.57. The first-order valence-corrected chi connectivity index (χ1v) is 13.3. The number of hydrogen-bond acceptors (Lipinski definition) is 9. The second kappa shape index (κ2) is 18.5. The zero-order valence-electron chi connectivity index (χ0n) is 22.6. The molecule has 0 heterocycles. The second-order valence-corrected chi connectivity index (χ2v) is 9.57. The van der Waals surface area contributed by atoms with E-state index in [0.717, 1.165) is 0 Å². The first-order chi connectivity index (χ1) is 19.0. The van der Waals surface area contributed by atoms with Crippen LogP contribution in [-0.4, -0.2) is 77.1 Å². The predicted molar refractivity (Wildman–Crippen MR) is 147 cm³/mol. The van der Waals surface area contributed by atoms with Crippen LogP contribution < -0.4 is 38.9 Å². The van der Waals surface area contributed by atoms with Crippen molar-refractivity contribution in [2.45, 2.75) is 82.0 Å². The number of unbranched alkanes of at least 4 members (excludes halogenated alkanes) is 2. The van der Waals surface area contributed by atoms with E-state index in [1.54, 1.807) is 12.1 Å². The highest BCUT2D eigenvalue weighted by atomic mass is 16.4. The van der Waals surface area contributed by atoms with Crippen LogP contribution in [0.4, 0.5) is 0 Å². The van der Waals surface area contributed by atoms with Gasteiger partial charge in [0.25, 0.3) is 0 Å². The highest BCUT2D eigenvalue weighted by Gasteiger charge is 2.30. The van der Waals surface area contributed by atoms with Crippen molar-refractivity contribution in [1.29, 1.82) is 0 Å². The van der Waals surface area contributed by atoms with Crippen LogP contribution in [0.2, 0.25) is 0 Å². The van der Waals surface area contributed by atoms with Gasteiger partial charge in [-0.2, -0.15) is 0 Å². The number of nitrogens with one attached hydrogen (secondary N) is 3. The summed E-state index contributed by atoms with van der Waals surface area (Å²) in [5.41, 5.74) is 22.8. The number of aromatic hydroxyl groups is 1. The van der Waals surface area contributed by atoms with Crippen LogP contribution in [0.1, 0.15) is 56.9 Å². The molecule has 0 bridgehead atoms. The number of primary amides is 1. The molecule has 40 heavy (non-hydrogen) atoms. The maximum absolute atomic E-state index is 13.4. The first-order valence-electron chi connectivity index (χ1n) is 13.3. The van der Waals surface area contributed by atoms with Crippen LogP contribution >= 0.6 is 0 Å². The molecule has 0 saturated heterocycles. The van der Waals surface area contributed by atoms with Gasteiger partial charge in [-0.3, -0.25) is 19.2 Å². The number of rotatable bonds is 20. The van der Waals surface area contributed by atoms with Crippen molar-refractivity contribution >= 4 is 29.6 Å². The van der Waals surface area contributed by atoms with Crippen LogP contribution in [0.15, 0.2) is 24.3 Å². The summed E-state index contributed by atoms with van der Waals surface area (Å²) < 4.78 is 0. The van der Waals surface area contributed by atoms with E-state index >= 15 is 0 Å². The van der Waals surface area contributed by atoms with Gasteiger partial charge in [0, 0.05) is 12.8 Å². The van der Waals surface area contributed by atoms with Gasteiger partial charge in [-0.1, -0.05) is 18.6 Å². The normalized spacial score (nSPS) is 13.9. The molecule has 0 saturated carbocycles. The molecule has 4 unspecified atom stereocenters. The Hall–Kier alpha value is -3.75. The van der Waals surface area contributed by atoms with E-state index in [4.69, 9.17) is 22.9 Å². The van der Waals surface area contributed by atoms with Gasteiger partial charge >= 0.3 is 5.97 Å². The van der Waals surface area contributed by atoms with Gasteiger partial charge in [-0.25, -0.2) is 4.79 Å². The van der Waals surface area contributed by atoms with E-state index in [2.05, 4.69) is 16.0 Å². The van der Waals surface area contributed by atoms with Crippen molar-refractivity contribution in [2.24, 2.45) is 22.9 Å². The Morgan fingerprint density at radius 1 is 0.725 bits per heavy atom. The fourth-order valence-electron chi connectivity index (χ4n) is 3.85. The summed E-state index contributed by atoms with van der Waals surface area (Å²) in [6.07, 6.45) is 2.33. The smallest absolute Gasteiger partial charge is 0.326 e. The van der Waals surface area contributed by atoms with Gasteiger partial charge in [0.1, 0.15) is 23.9 Å². The van der Waals surface area contributed by atoms with Crippen molar-refractivity contribution in [3.8, 4) is 5.75 Å². The van der Waals surface area contributed by atoms with Crippen LogP contribution in [0, 0.1) is 0 Å². The van der Waals surface area contributed by atoms with Gasteiger partial charge in [0.05, 0.1) is 6.04 Å². The van der Waals surface area contributed by atoms with Gasteiger partial charge in [0.2, 0.25) is 23.6 Å². The molecule has 224 valence electrons. The highest BCUT2D eigenvalue weighted by Crippen LogP contribution is 2.12. The lowest BCUT2D eigenvalue weighted by atomic mass is 10.0. The lowest BCUT2D eigenvalue weighted by Gasteiger charge is -2.25. The molecular formula is C26H43N7O7. The van der Waals surface area contributed by atoms with E-state index in [1.807, 2.05) is 0 Å². The summed E-state index contributed by atoms with van der Waals surface area (Å²) >= 11 is 0. The van der Waals surface area contributed by atoms with Crippen LogP contribution in [-0.2, 0) is 30.4 Å². The molecular weight excluding hydrogens is 522 g/mol. The Labute approximate surface area is 233 Å². The van der Waals surface area contributed by atoms with Gasteiger partial charge in [-0.05, 0) is 69.3 Å². The quantitative estimate of drug-likeness (QED) is 0.0810.